The molecular weight excluding hydrogens is 226 g/mol. The van der Waals surface area contributed by atoms with Crippen molar-refractivity contribution in [3.05, 3.63) is 46.0 Å². The number of hydrogen-bond acceptors (Lipinski definition) is 4. The Morgan fingerprint density at radius 3 is 2.88 bits per heavy atom. The SMILES string of the molecule is C=C(CS)COc1c(C)cccc1[N+](=O)[O-]. The Labute approximate surface area is 99.5 Å². The first-order chi connectivity index (χ1) is 7.56. The maximum absolute atomic E-state index is 10.8. The van der Waals surface area contributed by atoms with E-state index in [1.165, 1.54) is 6.07 Å². The molecule has 0 bridgehead atoms. The second kappa shape index (κ2) is 5.55. The molecule has 1 rings (SSSR count). The minimum absolute atomic E-state index is 0.0213. The number of nitro benzene ring substituents is 1. The Bertz CT molecular complexity index is 418. The smallest absolute Gasteiger partial charge is 0.311 e. The van der Waals surface area contributed by atoms with Crippen molar-refractivity contribution in [1.29, 1.82) is 0 Å². The van der Waals surface area contributed by atoms with Crippen molar-refractivity contribution in [3.63, 3.8) is 0 Å². The van der Waals surface area contributed by atoms with E-state index >= 15 is 0 Å². The van der Waals surface area contributed by atoms with Gasteiger partial charge >= 0.3 is 5.69 Å². The van der Waals surface area contributed by atoms with Crippen molar-refractivity contribution in [1.82, 2.24) is 0 Å². The van der Waals surface area contributed by atoms with Gasteiger partial charge in [0.1, 0.15) is 6.61 Å². The Morgan fingerprint density at radius 1 is 1.62 bits per heavy atom. The third kappa shape index (κ3) is 3.00. The lowest BCUT2D eigenvalue weighted by atomic mass is 10.2. The number of aryl methyl sites for hydroxylation is 1. The van der Waals surface area contributed by atoms with Crippen LogP contribution in [0.2, 0.25) is 0 Å². The molecule has 0 heterocycles. The lowest BCUT2D eigenvalue weighted by Crippen LogP contribution is -2.04. The summed E-state index contributed by atoms with van der Waals surface area (Å²) in [6.07, 6.45) is 0. The van der Waals surface area contributed by atoms with Crippen molar-refractivity contribution < 1.29 is 9.66 Å². The van der Waals surface area contributed by atoms with Gasteiger partial charge in [0.2, 0.25) is 0 Å². The highest BCUT2D eigenvalue weighted by molar-refractivity contribution is 7.80. The molecule has 0 N–H and O–H groups in total. The zero-order chi connectivity index (χ0) is 12.1. The first-order valence-electron chi connectivity index (χ1n) is 4.70. The second-order valence-electron chi connectivity index (χ2n) is 3.38. The fraction of sp³-hybridized carbons (Fsp3) is 0.273. The largest absolute Gasteiger partial charge is 0.482 e. The predicted octanol–water partition coefficient (Wildman–Crippen LogP) is 2.77. The quantitative estimate of drug-likeness (QED) is 0.372. The van der Waals surface area contributed by atoms with Crippen LogP contribution in [-0.2, 0) is 0 Å². The van der Waals surface area contributed by atoms with Crippen LogP contribution in [0.3, 0.4) is 0 Å². The Balaban J connectivity index is 2.93. The molecule has 0 aliphatic heterocycles. The van der Waals surface area contributed by atoms with Crippen molar-refractivity contribution in [2.45, 2.75) is 6.92 Å². The van der Waals surface area contributed by atoms with Gasteiger partial charge in [0, 0.05) is 11.8 Å². The summed E-state index contributed by atoms with van der Waals surface area (Å²) < 4.78 is 5.39. The molecule has 0 unspecified atom stereocenters. The van der Waals surface area contributed by atoms with Gasteiger partial charge in [-0.1, -0.05) is 18.7 Å². The summed E-state index contributed by atoms with van der Waals surface area (Å²) >= 11 is 4.04. The van der Waals surface area contributed by atoms with Gasteiger partial charge in [0.15, 0.2) is 5.75 Å². The van der Waals surface area contributed by atoms with Crippen LogP contribution in [0.5, 0.6) is 5.75 Å². The molecule has 0 aromatic heterocycles. The minimum Gasteiger partial charge on any atom is -0.482 e. The van der Waals surface area contributed by atoms with Gasteiger partial charge in [-0.15, -0.1) is 0 Å². The highest BCUT2D eigenvalue weighted by Gasteiger charge is 2.16. The Kier molecular flexibility index (Phi) is 4.37. The van der Waals surface area contributed by atoms with Gasteiger partial charge in [-0.2, -0.15) is 12.6 Å². The first kappa shape index (κ1) is 12.6. The molecule has 0 saturated heterocycles. The van der Waals surface area contributed by atoms with Gasteiger partial charge in [0.05, 0.1) is 4.92 Å². The maximum Gasteiger partial charge on any atom is 0.311 e. The molecule has 0 spiro atoms. The van der Waals surface area contributed by atoms with E-state index in [1.54, 1.807) is 19.1 Å². The molecular formula is C11H13NO3S. The fourth-order valence-corrected chi connectivity index (χ4v) is 1.28. The topological polar surface area (TPSA) is 52.4 Å². The van der Waals surface area contributed by atoms with Crippen LogP contribution in [0.4, 0.5) is 5.69 Å². The van der Waals surface area contributed by atoms with Crippen molar-refractivity contribution >= 4 is 18.3 Å². The van der Waals surface area contributed by atoms with Crippen molar-refractivity contribution in [3.8, 4) is 5.75 Å². The molecule has 0 radical (unpaired) electrons. The molecule has 0 saturated carbocycles. The number of rotatable bonds is 5. The Morgan fingerprint density at radius 2 is 2.31 bits per heavy atom. The van der Waals surface area contributed by atoms with E-state index in [9.17, 15) is 10.1 Å². The van der Waals surface area contributed by atoms with E-state index in [0.29, 0.717) is 11.5 Å². The molecule has 1 aromatic carbocycles. The highest BCUT2D eigenvalue weighted by atomic mass is 32.1. The van der Waals surface area contributed by atoms with Crippen LogP contribution >= 0.6 is 12.6 Å². The van der Waals surface area contributed by atoms with E-state index in [0.717, 1.165) is 11.1 Å². The third-order valence-electron chi connectivity index (χ3n) is 2.03. The van der Waals surface area contributed by atoms with Gasteiger partial charge < -0.3 is 4.74 Å². The summed E-state index contributed by atoms with van der Waals surface area (Å²) in [5, 5.41) is 10.8. The second-order valence-corrected chi connectivity index (χ2v) is 3.69. The van der Waals surface area contributed by atoms with Crippen molar-refractivity contribution in [2.24, 2.45) is 0 Å². The normalized spacial score (nSPS) is 9.88. The van der Waals surface area contributed by atoms with Crippen LogP contribution in [0.15, 0.2) is 30.4 Å². The molecule has 4 nitrogen and oxygen atoms in total. The predicted molar refractivity (Wildman–Crippen MR) is 66.3 cm³/mol. The zero-order valence-electron chi connectivity index (χ0n) is 8.97. The lowest BCUT2D eigenvalue weighted by Gasteiger charge is -2.09. The molecule has 0 atom stereocenters. The summed E-state index contributed by atoms with van der Waals surface area (Å²) in [6.45, 7) is 5.74. The minimum atomic E-state index is -0.453. The summed E-state index contributed by atoms with van der Waals surface area (Å²) in [4.78, 5) is 10.3. The van der Waals surface area contributed by atoms with Crippen LogP contribution in [0.1, 0.15) is 5.56 Å². The summed E-state index contributed by atoms with van der Waals surface area (Å²) in [7, 11) is 0. The van der Waals surface area contributed by atoms with Gasteiger partial charge in [0.25, 0.3) is 0 Å². The number of nitrogens with zero attached hydrogens (tertiary/aromatic N) is 1. The van der Waals surface area contributed by atoms with Crippen LogP contribution in [0, 0.1) is 17.0 Å². The summed E-state index contributed by atoms with van der Waals surface area (Å²) in [5.74, 6) is 0.801. The standard InChI is InChI=1S/C11H13NO3S/c1-8(7-16)6-15-11-9(2)4-3-5-10(11)12(13)14/h3-5,16H,1,6-7H2,2H3. The van der Waals surface area contributed by atoms with E-state index in [-0.39, 0.29) is 12.3 Å². The zero-order valence-corrected chi connectivity index (χ0v) is 9.87. The van der Waals surface area contributed by atoms with E-state index in [2.05, 4.69) is 19.2 Å². The van der Waals surface area contributed by atoms with Crippen LogP contribution in [-0.4, -0.2) is 17.3 Å². The average Bonchev–Trinajstić information content (AvgIpc) is 2.26. The number of nitro groups is 1. The third-order valence-corrected chi connectivity index (χ3v) is 2.48. The molecule has 86 valence electrons. The highest BCUT2D eigenvalue weighted by Crippen LogP contribution is 2.30. The molecule has 0 fully saturated rings. The maximum atomic E-state index is 10.8. The summed E-state index contributed by atoms with van der Waals surface area (Å²) in [5.41, 5.74) is 1.49. The van der Waals surface area contributed by atoms with E-state index in [1.807, 2.05) is 0 Å². The lowest BCUT2D eigenvalue weighted by molar-refractivity contribution is -0.385. The number of para-hydroxylation sites is 1. The molecule has 1 aromatic rings. The van der Waals surface area contributed by atoms with Gasteiger partial charge in [-0.25, -0.2) is 0 Å². The molecule has 0 amide bonds. The average molecular weight is 239 g/mol. The van der Waals surface area contributed by atoms with Crippen molar-refractivity contribution in [2.75, 3.05) is 12.4 Å². The van der Waals surface area contributed by atoms with Gasteiger partial charge in [-0.3, -0.25) is 10.1 Å². The van der Waals surface area contributed by atoms with E-state index in [4.69, 9.17) is 4.74 Å². The number of benzene rings is 1. The van der Waals surface area contributed by atoms with Crippen LogP contribution in [0.25, 0.3) is 0 Å². The molecule has 5 heteroatoms. The molecule has 0 aliphatic rings. The summed E-state index contributed by atoms with van der Waals surface area (Å²) in [6, 6.07) is 4.82. The Hall–Kier alpha value is -1.49. The molecule has 16 heavy (non-hydrogen) atoms. The monoisotopic (exact) mass is 239 g/mol. The number of ether oxygens (including phenoxy) is 1. The number of hydrogen-bond donors (Lipinski definition) is 1. The number of thiol groups is 1. The van der Waals surface area contributed by atoms with Crippen LogP contribution < -0.4 is 4.74 Å². The van der Waals surface area contributed by atoms with E-state index < -0.39 is 4.92 Å². The molecule has 0 aliphatic carbocycles. The first-order valence-corrected chi connectivity index (χ1v) is 5.33. The fourth-order valence-electron chi connectivity index (χ4n) is 1.19. The van der Waals surface area contributed by atoms with Gasteiger partial charge in [-0.05, 0) is 18.1 Å².